The number of thiophene rings is 1. The van der Waals surface area contributed by atoms with Crippen LogP contribution in [0.4, 0.5) is 0 Å². The van der Waals surface area contributed by atoms with E-state index in [0.717, 1.165) is 15.6 Å². The Morgan fingerprint density at radius 3 is 2.67 bits per heavy atom. The number of nitrogens with zero attached hydrogens (tertiary/aromatic N) is 2. The fourth-order valence-electron chi connectivity index (χ4n) is 1.27. The SMILES string of the molecule is NC(Cc1ccc(Cl)s1)c1ncccn1. The third-order valence-corrected chi connectivity index (χ3v) is 3.22. The minimum atomic E-state index is -0.166. The average molecular weight is 240 g/mol. The van der Waals surface area contributed by atoms with Gasteiger partial charge in [0.25, 0.3) is 0 Å². The van der Waals surface area contributed by atoms with Gasteiger partial charge < -0.3 is 5.73 Å². The van der Waals surface area contributed by atoms with Crippen LogP contribution in [-0.4, -0.2) is 9.97 Å². The summed E-state index contributed by atoms with van der Waals surface area (Å²) in [6.07, 6.45) is 4.12. The summed E-state index contributed by atoms with van der Waals surface area (Å²) in [5.41, 5.74) is 5.97. The lowest BCUT2D eigenvalue weighted by molar-refractivity contribution is 0.673. The Labute approximate surface area is 96.9 Å². The zero-order valence-corrected chi connectivity index (χ0v) is 9.50. The van der Waals surface area contributed by atoms with Crippen LogP contribution >= 0.6 is 22.9 Å². The highest BCUT2D eigenvalue weighted by molar-refractivity contribution is 7.16. The summed E-state index contributed by atoms with van der Waals surface area (Å²) in [4.78, 5) is 9.39. The van der Waals surface area contributed by atoms with Crippen molar-refractivity contribution in [1.29, 1.82) is 0 Å². The predicted octanol–water partition coefficient (Wildman–Crippen LogP) is 2.43. The molecule has 0 aromatic carbocycles. The van der Waals surface area contributed by atoms with Gasteiger partial charge in [0.15, 0.2) is 0 Å². The lowest BCUT2D eigenvalue weighted by atomic mass is 10.2. The minimum Gasteiger partial charge on any atom is -0.321 e. The number of rotatable bonds is 3. The average Bonchev–Trinajstić information content (AvgIpc) is 2.65. The van der Waals surface area contributed by atoms with Gasteiger partial charge in [-0.2, -0.15) is 0 Å². The van der Waals surface area contributed by atoms with E-state index in [-0.39, 0.29) is 6.04 Å². The van der Waals surface area contributed by atoms with E-state index in [9.17, 15) is 0 Å². The fraction of sp³-hybridized carbons (Fsp3) is 0.200. The molecule has 15 heavy (non-hydrogen) atoms. The zero-order valence-electron chi connectivity index (χ0n) is 7.93. The number of nitrogens with two attached hydrogens (primary N) is 1. The van der Waals surface area contributed by atoms with Crippen LogP contribution in [-0.2, 0) is 6.42 Å². The highest BCUT2D eigenvalue weighted by atomic mass is 35.5. The van der Waals surface area contributed by atoms with Gasteiger partial charge in [0.05, 0.1) is 10.4 Å². The Morgan fingerprint density at radius 2 is 2.07 bits per heavy atom. The van der Waals surface area contributed by atoms with Crippen LogP contribution in [0.5, 0.6) is 0 Å². The lowest BCUT2D eigenvalue weighted by Gasteiger charge is -2.07. The third kappa shape index (κ3) is 2.75. The summed E-state index contributed by atoms with van der Waals surface area (Å²) in [5.74, 6) is 0.669. The van der Waals surface area contributed by atoms with Crippen LogP contribution in [0.1, 0.15) is 16.7 Å². The molecule has 0 aliphatic carbocycles. The fourth-order valence-corrected chi connectivity index (χ4v) is 2.42. The molecule has 1 unspecified atom stereocenters. The van der Waals surface area contributed by atoms with Crippen LogP contribution in [0.3, 0.4) is 0 Å². The highest BCUT2D eigenvalue weighted by Gasteiger charge is 2.10. The van der Waals surface area contributed by atoms with Crippen LogP contribution in [0.15, 0.2) is 30.6 Å². The van der Waals surface area contributed by atoms with Gasteiger partial charge in [-0.1, -0.05) is 11.6 Å². The second kappa shape index (κ2) is 4.70. The van der Waals surface area contributed by atoms with Gasteiger partial charge in [-0.25, -0.2) is 9.97 Å². The van der Waals surface area contributed by atoms with Crippen molar-refractivity contribution in [2.45, 2.75) is 12.5 Å². The molecule has 3 nitrogen and oxygen atoms in total. The molecule has 0 bridgehead atoms. The molecule has 5 heteroatoms. The number of halogens is 1. The van der Waals surface area contributed by atoms with Crippen molar-refractivity contribution in [1.82, 2.24) is 9.97 Å². The maximum absolute atomic E-state index is 5.97. The second-order valence-corrected chi connectivity index (χ2v) is 4.92. The number of aromatic nitrogens is 2. The van der Waals surface area contributed by atoms with E-state index in [0.29, 0.717) is 5.82 Å². The normalized spacial score (nSPS) is 12.7. The van der Waals surface area contributed by atoms with Crippen molar-refractivity contribution in [2.75, 3.05) is 0 Å². The van der Waals surface area contributed by atoms with Crippen molar-refractivity contribution >= 4 is 22.9 Å². The molecular formula is C10H10ClN3S. The second-order valence-electron chi connectivity index (χ2n) is 3.12. The third-order valence-electron chi connectivity index (χ3n) is 1.97. The van der Waals surface area contributed by atoms with Gasteiger partial charge in [-0.05, 0) is 18.2 Å². The molecule has 2 aromatic rings. The maximum atomic E-state index is 5.97. The Balaban J connectivity index is 2.07. The number of hydrogen-bond donors (Lipinski definition) is 1. The van der Waals surface area contributed by atoms with Gasteiger partial charge in [0.1, 0.15) is 5.82 Å². The van der Waals surface area contributed by atoms with E-state index in [1.54, 1.807) is 29.8 Å². The van der Waals surface area contributed by atoms with Crippen molar-refractivity contribution in [3.05, 3.63) is 45.6 Å². The van der Waals surface area contributed by atoms with Crippen LogP contribution in [0.25, 0.3) is 0 Å². The molecule has 0 fully saturated rings. The van der Waals surface area contributed by atoms with Gasteiger partial charge in [0, 0.05) is 23.7 Å². The molecule has 2 aromatic heterocycles. The first-order valence-electron chi connectivity index (χ1n) is 4.52. The molecule has 1 atom stereocenters. The molecule has 0 aliphatic heterocycles. The molecule has 0 saturated heterocycles. The van der Waals surface area contributed by atoms with E-state index in [1.165, 1.54) is 0 Å². The largest absolute Gasteiger partial charge is 0.321 e. The molecule has 0 saturated carbocycles. The molecular weight excluding hydrogens is 230 g/mol. The zero-order chi connectivity index (χ0) is 10.7. The molecule has 0 radical (unpaired) electrons. The van der Waals surface area contributed by atoms with Gasteiger partial charge in [-0.3, -0.25) is 0 Å². The molecule has 0 amide bonds. The standard InChI is InChI=1S/C10H10ClN3S/c11-9-3-2-7(15-9)6-8(12)10-13-4-1-5-14-10/h1-5,8H,6,12H2. The van der Waals surface area contributed by atoms with E-state index < -0.39 is 0 Å². The first-order valence-corrected chi connectivity index (χ1v) is 5.72. The summed E-state index contributed by atoms with van der Waals surface area (Å²) in [6.45, 7) is 0. The molecule has 2 rings (SSSR count). The summed E-state index contributed by atoms with van der Waals surface area (Å²) >= 11 is 7.38. The molecule has 0 aliphatic rings. The topological polar surface area (TPSA) is 51.8 Å². The van der Waals surface area contributed by atoms with Crippen LogP contribution in [0.2, 0.25) is 4.34 Å². The van der Waals surface area contributed by atoms with Gasteiger partial charge >= 0.3 is 0 Å². The predicted molar refractivity (Wildman–Crippen MR) is 62.0 cm³/mol. The van der Waals surface area contributed by atoms with Crippen molar-refractivity contribution < 1.29 is 0 Å². The molecule has 0 spiro atoms. The summed E-state index contributed by atoms with van der Waals surface area (Å²) < 4.78 is 0.784. The Hall–Kier alpha value is -0.970. The molecule has 78 valence electrons. The minimum absolute atomic E-state index is 0.166. The monoisotopic (exact) mass is 239 g/mol. The first-order chi connectivity index (χ1) is 7.25. The van der Waals surface area contributed by atoms with Gasteiger partial charge in [0.2, 0.25) is 0 Å². The van der Waals surface area contributed by atoms with Gasteiger partial charge in [-0.15, -0.1) is 11.3 Å². The number of hydrogen-bond acceptors (Lipinski definition) is 4. The van der Waals surface area contributed by atoms with Crippen molar-refractivity contribution in [3.63, 3.8) is 0 Å². The van der Waals surface area contributed by atoms with Crippen LogP contribution < -0.4 is 5.73 Å². The van der Waals surface area contributed by atoms with Crippen LogP contribution in [0, 0.1) is 0 Å². The quantitative estimate of drug-likeness (QED) is 0.895. The summed E-state index contributed by atoms with van der Waals surface area (Å²) in [6, 6.07) is 5.47. The van der Waals surface area contributed by atoms with E-state index in [1.807, 2.05) is 12.1 Å². The van der Waals surface area contributed by atoms with Crippen molar-refractivity contribution in [2.24, 2.45) is 5.73 Å². The van der Waals surface area contributed by atoms with E-state index >= 15 is 0 Å². The highest BCUT2D eigenvalue weighted by Crippen LogP contribution is 2.24. The molecule has 2 N–H and O–H groups in total. The Kier molecular flexibility index (Phi) is 3.30. The summed E-state index contributed by atoms with van der Waals surface area (Å²) in [7, 11) is 0. The van der Waals surface area contributed by atoms with Crippen molar-refractivity contribution in [3.8, 4) is 0 Å². The maximum Gasteiger partial charge on any atom is 0.145 e. The molecule has 2 heterocycles. The van der Waals surface area contributed by atoms with E-state index in [4.69, 9.17) is 17.3 Å². The first kappa shape index (κ1) is 10.5. The van der Waals surface area contributed by atoms with E-state index in [2.05, 4.69) is 9.97 Å². The summed E-state index contributed by atoms with van der Waals surface area (Å²) in [5, 5.41) is 0. The Morgan fingerprint density at radius 1 is 1.33 bits per heavy atom. The smallest absolute Gasteiger partial charge is 0.145 e. The lowest BCUT2D eigenvalue weighted by Crippen LogP contribution is -2.15. The Bertz CT molecular complexity index is 429.